The summed E-state index contributed by atoms with van der Waals surface area (Å²) in [5, 5.41) is 19.4. The lowest BCUT2D eigenvalue weighted by Gasteiger charge is -2.25. The third-order valence-corrected chi connectivity index (χ3v) is 4.25. The maximum atomic E-state index is 10.3. The highest BCUT2D eigenvalue weighted by Gasteiger charge is 2.20. The Bertz CT molecular complexity index is 270. The smallest absolute Gasteiger partial charge is 0.0776 e. The molecule has 0 spiro atoms. The summed E-state index contributed by atoms with van der Waals surface area (Å²) in [5.74, 6) is 1.68. The fourth-order valence-electron chi connectivity index (χ4n) is 2.96. The van der Waals surface area contributed by atoms with Crippen molar-refractivity contribution in [2.24, 2.45) is 17.8 Å². The minimum absolute atomic E-state index is 0.0404. The summed E-state index contributed by atoms with van der Waals surface area (Å²) in [6, 6.07) is 0. The van der Waals surface area contributed by atoms with Crippen molar-refractivity contribution in [3.8, 4) is 0 Å². The van der Waals surface area contributed by atoms with Crippen molar-refractivity contribution in [1.82, 2.24) is 0 Å². The van der Waals surface area contributed by atoms with Crippen molar-refractivity contribution in [3.05, 3.63) is 11.1 Å². The lowest BCUT2D eigenvalue weighted by atomic mass is 9.84. The Labute approximate surface area is 119 Å². The largest absolute Gasteiger partial charge is 0.392 e. The molecule has 114 valence electrons. The van der Waals surface area contributed by atoms with Gasteiger partial charge in [0.2, 0.25) is 0 Å². The monoisotopic (exact) mass is 270 g/mol. The van der Waals surface area contributed by atoms with Gasteiger partial charge in [0.15, 0.2) is 0 Å². The van der Waals surface area contributed by atoms with Gasteiger partial charge >= 0.3 is 0 Å². The molecule has 0 fully saturated rings. The highest BCUT2D eigenvalue weighted by Crippen LogP contribution is 2.26. The standard InChI is InChI=1S/C17H34O2/c1-7-8-12(2)9-13(3)10-14(4)17(19)16(6)15(5)11-18/h12-14,17-19H,7-11H2,1-6H3/b16-15-/t12-,13-,14-,17+/m0/s1. The molecule has 0 aromatic rings. The molecule has 2 nitrogen and oxygen atoms in total. The van der Waals surface area contributed by atoms with Gasteiger partial charge in [-0.3, -0.25) is 0 Å². The van der Waals surface area contributed by atoms with Gasteiger partial charge in [0.05, 0.1) is 12.7 Å². The van der Waals surface area contributed by atoms with Crippen molar-refractivity contribution < 1.29 is 10.2 Å². The van der Waals surface area contributed by atoms with Crippen molar-refractivity contribution in [1.29, 1.82) is 0 Å². The molecule has 2 N–H and O–H groups in total. The van der Waals surface area contributed by atoms with Crippen LogP contribution in [0.1, 0.15) is 67.2 Å². The highest BCUT2D eigenvalue weighted by atomic mass is 16.3. The molecule has 0 unspecified atom stereocenters. The molecular formula is C17H34O2. The lowest BCUT2D eigenvalue weighted by molar-refractivity contribution is 0.129. The molecule has 0 aliphatic carbocycles. The molecule has 0 aliphatic rings. The molecule has 0 radical (unpaired) electrons. The summed E-state index contributed by atoms with van der Waals surface area (Å²) in [4.78, 5) is 0. The maximum Gasteiger partial charge on any atom is 0.0776 e. The summed E-state index contributed by atoms with van der Waals surface area (Å²) in [7, 11) is 0. The summed E-state index contributed by atoms with van der Waals surface area (Å²) >= 11 is 0. The SMILES string of the molecule is CCC[C@H](C)C[C@H](C)C[C@H](C)[C@@H](O)/C(C)=C(/C)CO. The van der Waals surface area contributed by atoms with Crippen molar-refractivity contribution in [3.63, 3.8) is 0 Å². The van der Waals surface area contributed by atoms with Crippen LogP contribution in [0.2, 0.25) is 0 Å². The highest BCUT2D eigenvalue weighted by molar-refractivity contribution is 5.15. The zero-order chi connectivity index (χ0) is 15.0. The summed E-state index contributed by atoms with van der Waals surface area (Å²) in [5.41, 5.74) is 1.83. The molecule has 0 heterocycles. The van der Waals surface area contributed by atoms with E-state index in [1.54, 1.807) is 0 Å². The zero-order valence-corrected chi connectivity index (χ0v) is 13.7. The van der Waals surface area contributed by atoms with Gasteiger partial charge in [-0.05, 0) is 55.6 Å². The number of hydrogen-bond acceptors (Lipinski definition) is 2. The van der Waals surface area contributed by atoms with E-state index in [2.05, 4.69) is 27.7 Å². The summed E-state index contributed by atoms with van der Waals surface area (Å²) in [6.07, 6.45) is 4.42. The molecule has 0 aliphatic heterocycles. The number of hydrogen-bond donors (Lipinski definition) is 2. The molecule has 2 heteroatoms. The first-order valence-corrected chi connectivity index (χ1v) is 7.78. The van der Waals surface area contributed by atoms with Crippen LogP contribution >= 0.6 is 0 Å². The Morgan fingerprint density at radius 1 is 1.00 bits per heavy atom. The van der Waals surface area contributed by atoms with E-state index in [1.807, 2.05) is 13.8 Å². The third-order valence-electron chi connectivity index (χ3n) is 4.25. The van der Waals surface area contributed by atoms with Crippen LogP contribution in [0, 0.1) is 17.8 Å². The molecule has 0 bridgehead atoms. The van der Waals surface area contributed by atoms with E-state index in [9.17, 15) is 5.11 Å². The van der Waals surface area contributed by atoms with Crippen LogP contribution in [0.25, 0.3) is 0 Å². The number of aliphatic hydroxyl groups is 2. The van der Waals surface area contributed by atoms with E-state index in [0.29, 0.717) is 5.92 Å². The predicted molar refractivity (Wildman–Crippen MR) is 83.1 cm³/mol. The Balaban J connectivity index is 4.32. The van der Waals surface area contributed by atoms with Gasteiger partial charge in [-0.15, -0.1) is 0 Å². The topological polar surface area (TPSA) is 40.5 Å². The van der Waals surface area contributed by atoms with Gasteiger partial charge in [-0.1, -0.05) is 40.5 Å². The van der Waals surface area contributed by atoms with Crippen LogP contribution in [0.5, 0.6) is 0 Å². The fourth-order valence-corrected chi connectivity index (χ4v) is 2.96. The Kier molecular flexibility index (Phi) is 9.38. The van der Waals surface area contributed by atoms with E-state index in [-0.39, 0.29) is 12.5 Å². The molecule has 0 amide bonds. The Hall–Kier alpha value is -0.340. The van der Waals surface area contributed by atoms with Crippen molar-refractivity contribution >= 4 is 0 Å². The van der Waals surface area contributed by atoms with Crippen LogP contribution in [-0.2, 0) is 0 Å². The van der Waals surface area contributed by atoms with Crippen LogP contribution in [0.15, 0.2) is 11.1 Å². The average Bonchev–Trinajstić information content (AvgIpc) is 2.35. The van der Waals surface area contributed by atoms with Crippen LogP contribution < -0.4 is 0 Å². The van der Waals surface area contributed by atoms with E-state index in [0.717, 1.165) is 23.5 Å². The molecule has 0 aromatic heterocycles. The minimum Gasteiger partial charge on any atom is -0.392 e. The normalized spacial score (nSPS) is 19.6. The molecule has 0 saturated carbocycles. The van der Waals surface area contributed by atoms with Crippen LogP contribution in [-0.4, -0.2) is 22.9 Å². The fraction of sp³-hybridized carbons (Fsp3) is 0.882. The first-order chi connectivity index (χ1) is 8.83. The maximum absolute atomic E-state index is 10.3. The quantitative estimate of drug-likeness (QED) is 0.617. The molecule has 0 aromatic carbocycles. The van der Waals surface area contributed by atoms with Gasteiger partial charge in [-0.2, -0.15) is 0 Å². The number of rotatable bonds is 9. The van der Waals surface area contributed by atoms with Crippen LogP contribution in [0.3, 0.4) is 0 Å². The molecule has 4 atom stereocenters. The summed E-state index contributed by atoms with van der Waals surface area (Å²) in [6.45, 7) is 12.8. The summed E-state index contributed by atoms with van der Waals surface area (Å²) < 4.78 is 0. The minimum atomic E-state index is -0.420. The van der Waals surface area contributed by atoms with Gasteiger partial charge < -0.3 is 10.2 Å². The first kappa shape index (κ1) is 18.7. The van der Waals surface area contributed by atoms with Gasteiger partial charge in [0.1, 0.15) is 0 Å². The average molecular weight is 270 g/mol. The second-order valence-corrected chi connectivity index (χ2v) is 6.51. The predicted octanol–water partition coefficient (Wildman–Crippen LogP) is 4.16. The van der Waals surface area contributed by atoms with E-state index >= 15 is 0 Å². The second-order valence-electron chi connectivity index (χ2n) is 6.51. The van der Waals surface area contributed by atoms with Crippen molar-refractivity contribution in [2.45, 2.75) is 73.3 Å². The third kappa shape index (κ3) is 7.12. The molecule has 0 saturated heterocycles. The second kappa shape index (κ2) is 9.55. The molecular weight excluding hydrogens is 236 g/mol. The van der Waals surface area contributed by atoms with Crippen LogP contribution in [0.4, 0.5) is 0 Å². The van der Waals surface area contributed by atoms with Gasteiger partial charge in [-0.25, -0.2) is 0 Å². The number of aliphatic hydroxyl groups excluding tert-OH is 2. The molecule has 19 heavy (non-hydrogen) atoms. The Morgan fingerprint density at radius 2 is 1.58 bits per heavy atom. The van der Waals surface area contributed by atoms with E-state index in [1.165, 1.54) is 19.3 Å². The first-order valence-electron chi connectivity index (χ1n) is 7.78. The van der Waals surface area contributed by atoms with Gasteiger partial charge in [0, 0.05) is 0 Å². The molecule has 0 rings (SSSR count). The lowest BCUT2D eigenvalue weighted by Crippen LogP contribution is -2.23. The zero-order valence-electron chi connectivity index (χ0n) is 13.7. The van der Waals surface area contributed by atoms with E-state index in [4.69, 9.17) is 5.11 Å². The van der Waals surface area contributed by atoms with Crippen molar-refractivity contribution in [2.75, 3.05) is 6.61 Å². The van der Waals surface area contributed by atoms with E-state index < -0.39 is 6.10 Å². The van der Waals surface area contributed by atoms with Gasteiger partial charge in [0.25, 0.3) is 0 Å². The Morgan fingerprint density at radius 3 is 2.05 bits per heavy atom.